The summed E-state index contributed by atoms with van der Waals surface area (Å²) in [7, 11) is -3.55. The number of rotatable bonds is 5. The van der Waals surface area contributed by atoms with Crippen LogP contribution in [-0.4, -0.2) is 25.6 Å². The molecule has 5 nitrogen and oxygen atoms in total. The monoisotopic (exact) mass is 452 g/mol. The minimum Gasteiger partial charge on any atom is -0.322 e. The second kappa shape index (κ2) is 8.41. The lowest BCUT2D eigenvalue weighted by molar-refractivity contribution is 0.102. The van der Waals surface area contributed by atoms with Gasteiger partial charge in [0.15, 0.2) is 9.84 Å². The molecule has 0 aliphatic rings. The number of amides is 1. The van der Waals surface area contributed by atoms with Crippen molar-refractivity contribution in [3.8, 4) is 21.8 Å². The summed E-state index contributed by atoms with van der Waals surface area (Å²) in [5, 5.41) is 5.51. The largest absolute Gasteiger partial charge is 0.322 e. The van der Waals surface area contributed by atoms with Crippen molar-refractivity contribution in [3.63, 3.8) is 0 Å². The molecular weight excluding hydrogens is 435 g/mol. The second-order valence-electron chi connectivity index (χ2n) is 6.85. The van der Waals surface area contributed by atoms with E-state index >= 15 is 0 Å². The Morgan fingerprint density at radius 3 is 2.32 bits per heavy atom. The van der Waals surface area contributed by atoms with Crippen LogP contribution in [0, 0.1) is 5.82 Å². The number of aromatic nitrogens is 1. The molecule has 0 saturated heterocycles. The lowest BCUT2D eigenvalue weighted by Crippen LogP contribution is -2.14. The first-order valence-electron chi connectivity index (χ1n) is 9.23. The zero-order valence-electron chi connectivity index (χ0n) is 16.4. The van der Waals surface area contributed by atoms with Gasteiger partial charge in [-0.15, -0.1) is 11.3 Å². The summed E-state index contributed by atoms with van der Waals surface area (Å²) in [4.78, 5) is 16.9. The number of carbonyl (C=O) groups excluding carboxylic acids is 1. The maximum atomic E-state index is 14.2. The number of benzene rings is 3. The third-order valence-corrected chi connectivity index (χ3v) is 6.58. The maximum absolute atomic E-state index is 14.2. The molecule has 0 fully saturated rings. The highest BCUT2D eigenvalue weighted by molar-refractivity contribution is 7.90. The van der Waals surface area contributed by atoms with E-state index in [4.69, 9.17) is 0 Å². The van der Waals surface area contributed by atoms with Crippen LogP contribution in [0.3, 0.4) is 0 Å². The van der Waals surface area contributed by atoms with E-state index in [1.165, 1.54) is 6.07 Å². The van der Waals surface area contributed by atoms with E-state index in [0.29, 0.717) is 5.69 Å². The number of anilines is 1. The highest BCUT2D eigenvalue weighted by atomic mass is 32.2. The smallest absolute Gasteiger partial charge is 0.258 e. The Labute approximate surface area is 183 Å². The molecule has 0 aliphatic heterocycles. The molecule has 0 bridgehead atoms. The van der Waals surface area contributed by atoms with Gasteiger partial charge in [0.2, 0.25) is 0 Å². The molecule has 4 rings (SSSR count). The van der Waals surface area contributed by atoms with Gasteiger partial charge in [0.1, 0.15) is 10.8 Å². The van der Waals surface area contributed by atoms with Crippen LogP contribution >= 0.6 is 11.3 Å². The second-order valence-corrected chi connectivity index (χ2v) is 9.72. The van der Waals surface area contributed by atoms with Gasteiger partial charge in [-0.05, 0) is 30.3 Å². The summed E-state index contributed by atoms with van der Waals surface area (Å²) in [6.45, 7) is 0. The Balaban J connectivity index is 1.49. The minimum absolute atomic E-state index is 0.177. The summed E-state index contributed by atoms with van der Waals surface area (Å²) in [5.74, 6) is -1.56. The van der Waals surface area contributed by atoms with E-state index in [2.05, 4.69) is 10.3 Å². The van der Waals surface area contributed by atoms with Crippen molar-refractivity contribution in [3.05, 3.63) is 89.6 Å². The molecule has 1 amide bonds. The van der Waals surface area contributed by atoms with Gasteiger partial charge in [0.05, 0.1) is 16.2 Å². The molecule has 31 heavy (non-hydrogen) atoms. The number of hydrogen-bond acceptors (Lipinski definition) is 5. The summed E-state index contributed by atoms with van der Waals surface area (Å²) >= 11 is 1.55. The lowest BCUT2D eigenvalue weighted by Gasteiger charge is -2.08. The fourth-order valence-corrected chi connectivity index (χ4v) is 4.42. The van der Waals surface area contributed by atoms with Gasteiger partial charge in [-0.25, -0.2) is 17.8 Å². The molecule has 0 saturated carbocycles. The highest BCUT2D eigenvalue weighted by Crippen LogP contribution is 2.29. The van der Waals surface area contributed by atoms with Crippen LogP contribution < -0.4 is 5.32 Å². The van der Waals surface area contributed by atoms with Crippen LogP contribution in [0.25, 0.3) is 21.8 Å². The third kappa shape index (κ3) is 4.70. The number of nitrogens with one attached hydrogen (secondary N) is 1. The van der Waals surface area contributed by atoms with Gasteiger partial charge in [-0.3, -0.25) is 4.79 Å². The average molecular weight is 453 g/mol. The Morgan fingerprint density at radius 1 is 0.968 bits per heavy atom. The van der Waals surface area contributed by atoms with E-state index in [9.17, 15) is 17.6 Å². The van der Waals surface area contributed by atoms with Crippen LogP contribution in [-0.2, 0) is 9.84 Å². The summed E-state index contributed by atoms with van der Waals surface area (Å²) in [5.41, 5.74) is 3.01. The van der Waals surface area contributed by atoms with Crippen molar-refractivity contribution in [2.24, 2.45) is 0 Å². The molecular formula is C23H17FN2O3S2. The summed E-state index contributed by atoms with van der Waals surface area (Å²) in [6, 6.07) is 20.2. The molecule has 4 aromatic rings. The molecule has 0 unspecified atom stereocenters. The first-order valence-corrected chi connectivity index (χ1v) is 12.0. The summed E-state index contributed by atoms with van der Waals surface area (Å²) < 4.78 is 37.3. The van der Waals surface area contributed by atoms with Gasteiger partial charge in [-0.2, -0.15) is 0 Å². The van der Waals surface area contributed by atoms with E-state index < -0.39 is 21.6 Å². The zero-order valence-corrected chi connectivity index (χ0v) is 18.0. The zero-order chi connectivity index (χ0) is 22.0. The first kappa shape index (κ1) is 20.9. The molecule has 8 heteroatoms. The molecule has 156 valence electrons. The van der Waals surface area contributed by atoms with Crippen molar-refractivity contribution in [2.45, 2.75) is 4.90 Å². The minimum atomic E-state index is -3.55. The van der Waals surface area contributed by atoms with Gasteiger partial charge in [0, 0.05) is 28.5 Å². The highest BCUT2D eigenvalue weighted by Gasteiger charge is 2.16. The quantitative estimate of drug-likeness (QED) is 0.447. The van der Waals surface area contributed by atoms with E-state index in [1.54, 1.807) is 23.5 Å². The van der Waals surface area contributed by atoms with Crippen molar-refractivity contribution in [2.75, 3.05) is 11.6 Å². The predicted octanol–water partition coefficient (Wildman–Crippen LogP) is 5.27. The fourth-order valence-electron chi connectivity index (χ4n) is 2.95. The molecule has 0 atom stereocenters. The number of thiazole rings is 1. The Hall–Kier alpha value is -3.36. The van der Waals surface area contributed by atoms with Gasteiger partial charge in [-0.1, -0.05) is 42.5 Å². The molecule has 0 aliphatic carbocycles. The van der Waals surface area contributed by atoms with Crippen molar-refractivity contribution in [1.82, 2.24) is 4.98 Å². The average Bonchev–Trinajstić information content (AvgIpc) is 3.24. The third-order valence-electron chi connectivity index (χ3n) is 4.58. The van der Waals surface area contributed by atoms with Crippen LogP contribution in [0.2, 0.25) is 0 Å². The molecule has 1 aromatic heterocycles. The summed E-state index contributed by atoms with van der Waals surface area (Å²) in [6.07, 6.45) is 0.980. The number of halogens is 1. The molecule has 1 N–H and O–H groups in total. The van der Waals surface area contributed by atoms with Gasteiger partial charge < -0.3 is 5.32 Å². The predicted molar refractivity (Wildman–Crippen MR) is 120 cm³/mol. The Morgan fingerprint density at radius 2 is 1.68 bits per heavy atom. The van der Waals surface area contributed by atoms with Gasteiger partial charge in [0.25, 0.3) is 5.91 Å². The van der Waals surface area contributed by atoms with Gasteiger partial charge >= 0.3 is 0 Å². The number of sulfone groups is 1. The Kier molecular flexibility index (Phi) is 5.67. The van der Waals surface area contributed by atoms with E-state index in [1.807, 2.05) is 47.8 Å². The normalized spacial score (nSPS) is 11.3. The number of hydrogen-bond donors (Lipinski definition) is 1. The van der Waals surface area contributed by atoms with Crippen molar-refractivity contribution >= 4 is 32.8 Å². The lowest BCUT2D eigenvalue weighted by atomic mass is 10.1. The fraction of sp³-hybridized carbons (Fsp3) is 0.0435. The van der Waals surface area contributed by atoms with Crippen molar-refractivity contribution < 1.29 is 17.6 Å². The molecule has 1 heterocycles. The van der Waals surface area contributed by atoms with Crippen LogP contribution in [0.15, 0.2) is 83.1 Å². The number of carbonyl (C=O) groups is 1. The van der Waals surface area contributed by atoms with Crippen LogP contribution in [0.5, 0.6) is 0 Å². The topological polar surface area (TPSA) is 76.1 Å². The van der Waals surface area contributed by atoms with Crippen molar-refractivity contribution in [1.29, 1.82) is 0 Å². The van der Waals surface area contributed by atoms with Crippen LogP contribution in [0.4, 0.5) is 10.1 Å². The first-order chi connectivity index (χ1) is 14.8. The maximum Gasteiger partial charge on any atom is 0.258 e. The standard InChI is InChI=1S/C23H17FN2O3S2/c1-31(28,29)18-11-12-19(20(24)13-18)22(27)25-17-9-7-15(8-10-17)21-14-30-23(26-21)16-5-3-2-4-6-16/h2-14H,1H3,(H,25,27). The SMILES string of the molecule is CS(=O)(=O)c1ccc(C(=O)Nc2ccc(-c3csc(-c4ccccc4)n3)cc2)c(F)c1. The molecule has 0 radical (unpaired) electrons. The van der Waals surface area contributed by atoms with Crippen LogP contribution in [0.1, 0.15) is 10.4 Å². The molecule has 3 aromatic carbocycles. The molecule has 0 spiro atoms. The van der Waals surface area contributed by atoms with E-state index in [0.717, 1.165) is 40.2 Å². The van der Waals surface area contributed by atoms with E-state index in [-0.39, 0.29) is 10.5 Å². The number of nitrogens with zero attached hydrogens (tertiary/aromatic N) is 1. The Bertz CT molecular complexity index is 1350.